The van der Waals surface area contributed by atoms with Crippen LogP contribution < -0.4 is 15.4 Å². The minimum absolute atomic E-state index is 0.0569. The Hall–Kier alpha value is -2.83. The first-order chi connectivity index (χ1) is 18.4. The third-order valence-electron chi connectivity index (χ3n) is 7.91. The van der Waals surface area contributed by atoms with Crippen LogP contribution >= 0.6 is 11.6 Å². The van der Waals surface area contributed by atoms with Crippen LogP contribution in [0, 0.1) is 13.8 Å². The summed E-state index contributed by atoms with van der Waals surface area (Å²) in [6.07, 6.45) is 9.48. The second-order valence-corrected chi connectivity index (χ2v) is 11.5. The molecule has 2 aliphatic rings. The molecular weight excluding hydrogens is 494 g/mol. The SMILES string of the molecule is Cc1ccccc1Nc1nc(Nc2cc(C)c(C3CCC(N4CCCC4)CC3)cc2OC(C)C)ncc1Cl. The molecule has 2 N–H and O–H groups in total. The standard InChI is InChI=1S/C31H40ClN5O/c1-20(2)38-29-18-25(23-11-13-24(14-12-23)37-15-7-8-16-37)22(4)17-28(29)35-31-33-19-26(32)30(36-31)34-27-10-6-5-9-21(27)3/h5-6,9-10,17-20,23-24H,7-8,11-16H2,1-4H3,(H2,33,34,35,36). The summed E-state index contributed by atoms with van der Waals surface area (Å²) in [5, 5.41) is 7.22. The maximum atomic E-state index is 6.44. The number of nitrogens with one attached hydrogen (secondary N) is 2. The quantitative estimate of drug-likeness (QED) is 0.304. The second-order valence-electron chi connectivity index (χ2n) is 11.1. The molecular formula is C31H40ClN5O. The van der Waals surface area contributed by atoms with Crippen molar-refractivity contribution in [2.45, 2.75) is 84.3 Å². The summed E-state index contributed by atoms with van der Waals surface area (Å²) in [5.74, 6) is 2.45. The van der Waals surface area contributed by atoms with E-state index in [0.717, 1.165) is 28.7 Å². The van der Waals surface area contributed by atoms with Gasteiger partial charge < -0.3 is 20.3 Å². The third-order valence-corrected chi connectivity index (χ3v) is 8.19. The Bertz CT molecular complexity index is 1250. The van der Waals surface area contributed by atoms with Gasteiger partial charge in [0, 0.05) is 11.7 Å². The molecule has 0 radical (unpaired) electrons. The molecule has 1 aliphatic carbocycles. The van der Waals surface area contributed by atoms with Crippen molar-refractivity contribution in [3.8, 4) is 5.75 Å². The Labute approximate surface area is 232 Å². The van der Waals surface area contributed by atoms with Crippen molar-refractivity contribution in [2.24, 2.45) is 0 Å². The van der Waals surface area contributed by atoms with Crippen LogP contribution in [0.25, 0.3) is 0 Å². The number of aromatic nitrogens is 2. The third kappa shape index (κ3) is 6.24. The number of para-hydroxylation sites is 1. The second kappa shape index (κ2) is 11.9. The highest BCUT2D eigenvalue weighted by Crippen LogP contribution is 2.41. The first-order valence-corrected chi connectivity index (χ1v) is 14.4. The zero-order chi connectivity index (χ0) is 26.6. The molecule has 0 unspecified atom stereocenters. The molecule has 1 aromatic heterocycles. The van der Waals surface area contributed by atoms with E-state index in [0.29, 0.717) is 22.7 Å². The van der Waals surface area contributed by atoms with E-state index in [4.69, 9.17) is 16.3 Å². The molecule has 2 heterocycles. The maximum Gasteiger partial charge on any atom is 0.229 e. The normalized spacial score (nSPS) is 20.1. The van der Waals surface area contributed by atoms with Crippen LogP contribution in [-0.2, 0) is 0 Å². The Morgan fingerprint density at radius 2 is 1.68 bits per heavy atom. The lowest BCUT2D eigenvalue weighted by atomic mass is 9.79. The lowest BCUT2D eigenvalue weighted by Gasteiger charge is -2.35. The summed E-state index contributed by atoms with van der Waals surface area (Å²) in [5.41, 5.74) is 5.63. The summed E-state index contributed by atoms with van der Waals surface area (Å²) in [6.45, 7) is 11.0. The topological polar surface area (TPSA) is 62.3 Å². The van der Waals surface area contributed by atoms with Crippen molar-refractivity contribution in [1.82, 2.24) is 14.9 Å². The van der Waals surface area contributed by atoms with Gasteiger partial charge in [0.15, 0.2) is 5.82 Å². The van der Waals surface area contributed by atoms with Gasteiger partial charge in [-0.1, -0.05) is 29.8 Å². The van der Waals surface area contributed by atoms with Gasteiger partial charge in [0.05, 0.1) is 18.0 Å². The van der Waals surface area contributed by atoms with E-state index in [1.54, 1.807) is 6.20 Å². The maximum absolute atomic E-state index is 6.44. The molecule has 1 aliphatic heterocycles. The lowest BCUT2D eigenvalue weighted by molar-refractivity contribution is 0.181. The molecule has 202 valence electrons. The molecule has 0 atom stereocenters. The Morgan fingerprint density at radius 3 is 2.39 bits per heavy atom. The van der Waals surface area contributed by atoms with E-state index in [1.807, 2.05) is 18.2 Å². The van der Waals surface area contributed by atoms with Crippen molar-refractivity contribution in [2.75, 3.05) is 23.7 Å². The van der Waals surface area contributed by atoms with E-state index in [9.17, 15) is 0 Å². The number of hydrogen-bond acceptors (Lipinski definition) is 6. The van der Waals surface area contributed by atoms with Crippen LogP contribution in [0.4, 0.5) is 23.1 Å². The lowest BCUT2D eigenvalue weighted by Crippen LogP contribution is -2.35. The number of rotatable bonds is 8. The summed E-state index contributed by atoms with van der Waals surface area (Å²) in [6, 6.07) is 13.3. The van der Waals surface area contributed by atoms with Crippen LogP contribution in [0.5, 0.6) is 5.75 Å². The predicted octanol–water partition coefficient (Wildman–Crippen LogP) is 8.14. The van der Waals surface area contributed by atoms with Crippen LogP contribution in [-0.4, -0.2) is 40.1 Å². The molecule has 3 aromatic rings. The van der Waals surface area contributed by atoms with Gasteiger partial charge >= 0.3 is 0 Å². The summed E-state index contributed by atoms with van der Waals surface area (Å²) in [4.78, 5) is 11.9. The van der Waals surface area contributed by atoms with Gasteiger partial charge in [-0.15, -0.1) is 0 Å². The van der Waals surface area contributed by atoms with Gasteiger partial charge in [0.1, 0.15) is 10.8 Å². The van der Waals surface area contributed by atoms with Gasteiger partial charge in [-0.3, -0.25) is 0 Å². The van der Waals surface area contributed by atoms with Crippen molar-refractivity contribution >= 4 is 34.7 Å². The summed E-state index contributed by atoms with van der Waals surface area (Å²) >= 11 is 6.44. The van der Waals surface area contributed by atoms with E-state index >= 15 is 0 Å². The number of anilines is 4. The first-order valence-electron chi connectivity index (χ1n) is 14.0. The van der Waals surface area contributed by atoms with Crippen LogP contribution in [0.3, 0.4) is 0 Å². The molecule has 5 rings (SSSR count). The highest BCUT2D eigenvalue weighted by atomic mass is 35.5. The van der Waals surface area contributed by atoms with Crippen LogP contribution in [0.15, 0.2) is 42.6 Å². The first kappa shape index (κ1) is 26.8. The highest BCUT2D eigenvalue weighted by Gasteiger charge is 2.29. The zero-order valence-electron chi connectivity index (χ0n) is 23.1. The van der Waals surface area contributed by atoms with E-state index < -0.39 is 0 Å². The van der Waals surface area contributed by atoms with Crippen molar-refractivity contribution in [3.63, 3.8) is 0 Å². The van der Waals surface area contributed by atoms with Gasteiger partial charge in [0.2, 0.25) is 5.95 Å². The summed E-state index contributed by atoms with van der Waals surface area (Å²) in [7, 11) is 0. The molecule has 7 heteroatoms. The van der Waals surface area contributed by atoms with E-state index in [1.165, 1.54) is 62.7 Å². The molecule has 1 saturated heterocycles. The molecule has 0 bridgehead atoms. The van der Waals surface area contributed by atoms with Gasteiger partial charge in [-0.05, 0) is 120 Å². The van der Waals surface area contributed by atoms with Crippen LogP contribution in [0.2, 0.25) is 5.02 Å². The Kier molecular flexibility index (Phi) is 8.39. The molecule has 1 saturated carbocycles. The number of nitrogens with zero attached hydrogens (tertiary/aromatic N) is 3. The number of benzene rings is 2. The van der Waals surface area contributed by atoms with Crippen LogP contribution in [0.1, 0.15) is 75.0 Å². The number of likely N-dealkylation sites (tertiary alicyclic amines) is 1. The average Bonchev–Trinajstić information content (AvgIpc) is 3.44. The zero-order valence-corrected chi connectivity index (χ0v) is 23.8. The molecule has 38 heavy (non-hydrogen) atoms. The molecule has 2 fully saturated rings. The number of aryl methyl sites for hydroxylation is 2. The molecule has 0 amide bonds. The number of ether oxygens (including phenoxy) is 1. The molecule has 6 nitrogen and oxygen atoms in total. The number of hydrogen-bond donors (Lipinski definition) is 2. The predicted molar refractivity (Wildman–Crippen MR) is 158 cm³/mol. The highest BCUT2D eigenvalue weighted by molar-refractivity contribution is 6.32. The van der Waals surface area contributed by atoms with Crippen molar-refractivity contribution in [3.05, 3.63) is 64.3 Å². The minimum Gasteiger partial charge on any atom is -0.489 e. The van der Waals surface area contributed by atoms with Gasteiger partial charge in [0.25, 0.3) is 0 Å². The smallest absolute Gasteiger partial charge is 0.229 e. The number of halogens is 1. The van der Waals surface area contributed by atoms with Crippen molar-refractivity contribution < 1.29 is 4.74 Å². The minimum atomic E-state index is 0.0569. The van der Waals surface area contributed by atoms with Crippen molar-refractivity contribution in [1.29, 1.82) is 0 Å². The fourth-order valence-electron chi connectivity index (χ4n) is 5.93. The monoisotopic (exact) mass is 533 g/mol. The van der Waals surface area contributed by atoms with E-state index in [2.05, 4.69) is 71.4 Å². The Morgan fingerprint density at radius 1 is 0.947 bits per heavy atom. The van der Waals surface area contributed by atoms with Gasteiger partial charge in [-0.2, -0.15) is 4.98 Å². The largest absolute Gasteiger partial charge is 0.489 e. The fourth-order valence-corrected chi connectivity index (χ4v) is 6.07. The fraction of sp³-hybridized carbons (Fsp3) is 0.484. The van der Waals surface area contributed by atoms with Gasteiger partial charge in [-0.25, -0.2) is 4.98 Å². The Balaban J connectivity index is 1.36. The summed E-state index contributed by atoms with van der Waals surface area (Å²) < 4.78 is 6.30. The van der Waals surface area contributed by atoms with E-state index in [-0.39, 0.29) is 6.10 Å². The average molecular weight is 534 g/mol. The molecule has 2 aromatic carbocycles. The molecule has 0 spiro atoms.